The van der Waals surface area contributed by atoms with Crippen LogP contribution in [0.5, 0.6) is 0 Å². The first-order chi connectivity index (χ1) is 7.29. The van der Waals surface area contributed by atoms with Gasteiger partial charge in [-0.15, -0.1) is 0 Å². The van der Waals surface area contributed by atoms with Gasteiger partial charge in [0.05, 0.1) is 0 Å². The van der Waals surface area contributed by atoms with E-state index in [4.69, 9.17) is 0 Å². The molecule has 1 aromatic carbocycles. The zero-order valence-corrected chi connectivity index (χ0v) is 9.74. The molecule has 1 saturated heterocycles. The molecule has 81 valence electrons. The first-order valence-corrected chi connectivity index (χ1v) is 5.94. The molecule has 1 aliphatic rings. The van der Waals surface area contributed by atoms with Crippen LogP contribution in [0.25, 0.3) is 0 Å². The summed E-state index contributed by atoms with van der Waals surface area (Å²) >= 11 is 0. The molecule has 1 aliphatic heterocycles. The van der Waals surface area contributed by atoms with Gasteiger partial charge in [-0.05, 0) is 36.8 Å². The average Bonchev–Trinajstić information content (AvgIpc) is 2.30. The van der Waals surface area contributed by atoms with Gasteiger partial charge in [-0.3, -0.25) is 0 Å². The molecule has 0 atom stereocenters. The van der Waals surface area contributed by atoms with Gasteiger partial charge in [-0.25, -0.2) is 0 Å². The van der Waals surface area contributed by atoms with Crippen molar-refractivity contribution in [3.05, 3.63) is 36.2 Å². The summed E-state index contributed by atoms with van der Waals surface area (Å²) in [7, 11) is 0. The molecular formula is C14H20N. The third-order valence-electron chi connectivity index (χ3n) is 3.11. The molecule has 1 nitrogen and oxygen atoms in total. The quantitative estimate of drug-likeness (QED) is 0.708. The molecule has 0 aliphatic carbocycles. The molecule has 0 unspecified atom stereocenters. The molecule has 1 aromatic rings. The van der Waals surface area contributed by atoms with Gasteiger partial charge < -0.3 is 4.90 Å². The number of hydrogen-bond donors (Lipinski definition) is 0. The molecule has 0 amide bonds. The molecule has 1 heterocycles. The minimum Gasteiger partial charge on any atom is -0.371 e. The van der Waals surface area contributed by atoms with E-state index in [1.807, 2.05) is 0 Å². The molecule has 15 heavy (non-hydrogen) atoms. The van der Waals surface area contributed by atoms with Gasteiger partial charge in [0.15, 0.2) is 0 Å². The van der Waals surface area contributed by atoms with Crippen LogP contribution in [0.2, 0.25) is 0 Å². The van der Waals surface area contributed by atoms with Gasteiger partial charge in [-0.2, -0.15) is 0 Å². The van der Waals surface area contributed by atoms with E-state index < -0.39 is 0 Å². The SMILES string of the molecule is CC(C)c1ccccc1N1CC[CH]CC1. The number of rotatable bonds is 2. The van der Waals surface area contributed by atoms with Crippen LogP contribution >= 0.6 is 0 Å². The second kappa shape index (κ2) is 4.69. The third kappa shape index (κ3) is 2.34. The van der Waals surface area contributed by atoms with Crippen molar-refractivity contribution in [2.75, 3.05) is 18.0 Å². The van der Waals surface area contributed by atoms with E-state index in [1.165, 1.54) is 37.2 Å². The van der Waals surface area contributed by atoms with E-state index in [1.54, 1.807) is 0 Å². The lowest BCUT2D eigenvalue weighted by molar-refractivity contribution is 0.672. The molecule has 0 N–H and O–H groups in total. The second-order valence-electron chi connectivity index (χ2n) is 4.57. The monoisotopic (exact) mass is 202 g/mol. The second-order valence-corrected chi connectivity index (χ2v) is 4.57. The highest BCUT2D eigenvalue weighted by atomic mass is 15.1. The summed E-state index contributed by atoms with van der Waals surface area (Å²) in [4.78, 5) is 2.52. The predicted octanol–water partition coefficient (Wildman–Crippen LogP) is 3.61. The van der Waals surface area contributed by atoms with E-state index in [0.29, 0.717) is 5.92 Å². The van der Waals surface area contributed by atoms with Crippen molar-refractivity contribution >= 4 is 5.69 Å². The van der Waals surface area contributed by atoms with Crippen molar-refractivity contribution in [3.8, 4) is 0 Å². The number of anilines is 1. The lowest BCUT2D eigenvalue weighted by Gasteiger charge is -2.31. The van der Waals surface area contributed by atoms with Crippen LogP contribution in [0.15, 0.2) is 24.3 Å². The fourth-order valence-corrected chi connectivity index (χ4v) is 2.26. The molecule has 2 rings (SSSR count). The maximum absolute atomic E-state index is 2.52. The Kier molecular flexibility index (Phi) is 3.30. The highest BCUT2D eigenvalue weighted by Crippen LogP contribution is 2.28. The summed E-state index contributed by atoms with van der Waals surface area (Å²) in [5, 5.41) is 0. The lowest BCUT2D eigenvalue weighted by Crippen LogP contribution is -2.30. The largest absolute Gasteiger partial charge is 0.371 e. The summed E-state index contributed by atoms with van der Waals surface area (Å²) < 4.78 is 0. The number of nitrogens with zero attached hydrogens (tertiary/aromatic N) is 1. The van der Waals surface area contributed by atoms with Crippen molar-refractivity contribution in [1.29, 1.82) is 0 Å². The molecule has 0 saturated carbocycles. The van der Waals surface area contributed by atoms with E-state index in [-0.39, 0.29) is 0 Å². The maximum Gasteiger partial charge on any atom is 0.0401 e. The average molecular weight is 202 g/mol. The van der Waals surface area contributed by atoms with Crippen LogP contribution < -0.4 is 4.90 Å². The molecule has 0 bridgehead atoms. The highest BCUT2D eigenvalue weighted by molar-refractivity contribution is 5.55. The van der Waals surface area contributed by atoms with Crippen molar-refractivity contribution in [1.82, 2.24) is 0 Å². The molecule has 0 spiro atoms. The van der Waals surface area contributed by atoms with Crippen LogP contribution in [0.3, 0.4) is 0 Å². The Balaban J connectivity index is 2.25. The summed E-state index contributed by atoms with van der Waals surface area (Å²) in [6.45, 7) is 6.91. The van der Waals surface area contributed by atoms with Crippen molar-refractivity contribution in [2.24, 2.45) is 0 Å². The van der Waals surface area contributed by atoms with E-state index in [2.05, 4.69) is 49.4 Å². The minimum atomic E-state index is 0.618. The van der Waals surface area contributed by atoms with Gasteiger partial charge in [0.25, 0.3) is 0 Å². The fourth-order valence-electron chi connectivity index (χ4n) is 2.26. The standard InChI is InChI=1S/C14H20N/c1-12(2)13-8-4-5-9-14(13)15-10-6-3-7-11-15/h3-5,8-9,12H,6-7,10-11H2,1-2H3. The summed E-state index contributed by atoms with van der Waals surface area (Å²) in [6.07, 6.45) is 4.85. The smallest absolute Gasteiger partial charge is 0.0401 e. The normalized spacial score (nSPS) is 17.1. The molecule has 0 aromatic heterocycles. The van der Waals surface area contributed by atoms with Crippen molar-refractivity contribution in [2.45, 2.75) is 32.6 Å². The molecule has 1 heteroatoms. The fraction of sp³-hybridized carbons (Fsp3) is 0.500. The Morgan fingerprint density at radius 2 is 1.73 bits per heavy atom. The van der Waals surface area contributed by atoms with Gasteiger partial charge in [0, 0.05) is 18.8 Å². The van der Waals surface area contributed by atoms with E-state index in [9.17, 15) is 0 Å². The zero-order valence-electron chi connectivity index (χ0n) is 9.74. The molecule has 1 radical (unpaired) electrons. The summed E-state index contributed by atoms with van der Waals surface area (Å²) in [5.41, 5.74) is 2.93. The van der Waals surface area contributed by atoms with Crippen LogP contribution in [0.1, 0.15) is 38.2 Å². The van der Waals surface area contributed by atoms with Crippen molar-refractivity contribution in [3.63, 3.8) is 0 Å². The lowest BCUT2D eigenvalue weighted by atomic mass is 9.99. The number of hydrogen-bond acceptors (Lipinski definition) is 1. The molecular weight excluding hydrogens is 182 g/mol. The third-order valence-corrected chi connectivity index (χ3v) is 3.11. The predicted molar refractivity (Wildman–Crippen MR) is 66.3 cm³/mol. The first kappa shape index (κ1) is 10.5. The number of para-hydroxylation sites is 1. The number of piperidine rings is 1. The first-order valence-electron chi connectivity index (χ1n) is 5.94. The zero-order chi connectivity index (χ0) is 10.7. The van der Waals surface area contributed by atoms with Crippen LogP contribution in [0.4, 0.5) is 5.69 Å². The molecule has 1 fully saturated rings. The number of benzene rings is 1. The highest BCUT2D eigenvalue weighted by Gasteiger charge is 2.15. The van der Waals surface area contributed by atoms with Crippen molar-refractivity contribution < 1.29 is 0 Å². The minimum absolute atomic E-state index is 0.618. The Morgan fingerprint density at radius 3 is 2.40 bits per heavy atom. The van der Waals surface area contributed by atoms with Gasteiger partial charge in [-0.1, -0.05) is 32.0 Å². The van der Waals surface area contributed by atoms with Crippen LogP contribution in [0, 0.1) is 6.42 Å². The summed E-state index contributed by atoms with van der Waals surface area (Å²) in [6, 6.07) is 8.83. The van der Waals surface area contributed by atoms with E-state index >= 15 is 0 Å². The van der Waals surface area contributed by atoms with Crippen LogP contribution in [-0.4, -0.2) is 13.1 Å². The van der Waals surface area contributed by atoms with Gasteiger partial charge in [0.2, 0.25) is 0 Å². The topological polar surface area (TPSA) is 3.24 Å². The Morgan fingerprint density at radius 1 is 1.07 bits per heavy atom. The maximum atomic E-state index is 2.52. The van der Waals surface area contributed by atoms with Gasteiger partial charge in [0.1, 0.15) is 0 Å². The Labute approximate surface area is 93.1 Å². The van der Waals surface area contributed by atoms with Crippen LogP contribution in [-0.2, 0) is 0 Å². The van der Waals surface area contributed by atoms with Gasteiger partial charge >= 0.3 is 0 Å². The van der Waals surface area contributed by atoms with E-state index in [0.717, 1.165) is 0 Å². The summed E-state index contributed by atoms with van der Waals surface area (Å²) in [5.74, 6) is 0.618. The Bertz CT molecular complexity index is 311. The Hall–Kier alpha value is -0.980.